The van der Waals surface area contributed by atoms with Crippen LogP contribution in [-0.4, -0.2) is 47.0 Å². The summed E-state index contributed by atoms with van der Waals surface area (Å²) in [6.45, 7) is 7.00. The van der Waals surface area contributed by atoms with Crippen LogP contribution >= 0.6 is 24.8 Å². The molecule has 152 valence electrons. The van der Waals surface area contributed by atoms with Crippen LogP contribution in [0.15, 0.2) is 24.3 Å². The van der Waals surface area contributed by atoms with Gasteiger partial charge in [0.25, 0.3) is 0 Å². The molecule has 1 unspecified atom stereocenters. The molecule has 3 rings (SSSR count). The van der Waals surface area contributed by atoms with E-state index in [0.717, 1.165) is 50.2 Å². The van der Waals surface area contributed by atoms with Crippen molar-refractivity contribution in [2.75, 3.05) is 26.7 Å². The first kappa shape index (κ1) is 23.7. The third kappa shape index (κ3) is 5.37. The normalized spacial score (nSPS) is 16.9. The van der Waals surface area contributed by atoms with Crippen molar-refractivity contribution in [1.29, 1.82) is 0 Å². The van der Waals surface area contributed by atoms with Crippen LogP contribution in [0.4, 0.5) is 0 Å². The summed E-state index contributed by atoms with van der Waals surface area (Å²) in [6, 6.07) is 8.72. The van der Waals surface area contributed by atoms with Gasteiger partial charge >= 0.3 is 0 Å². The number of rotatable bonds is 6. The summed E-state index contributed by atoms with van der Waals surface area (Å²) in [7, 11) is 1.93. The Morgan fingerprint density at radius 3 is 2.74 bits per heavy atom. The van der Waals surface area contributed by atoms with E-state index in [1.165, 1.54) is 5.52 Å². The number of carbonyl (C=O) groups excluding carboxylic acids is 1. The lowest BCUT2D eigenvalue weighted by molar-refractivity contribution is -0.132. The fraction of sp³-hybridized carbons (Fsp3) is 0.600. The minimum absolute atomic E-state index is 0. The Morgan fingerprint density at radius 2 is 2.04 bits per heavy atom. The smallest absolute Gasteiger partial charge is 0.222 e. The maximum absolute atomic E-state index is 12.5. The number of nitrogens with one attached hydrogen (secondary N) is 1. The molecule has 1 aliphatic rings. The van der Waals surface area contributed by atoms with Gasteiger partial charge < -0.3 is 14.8 Å². The van der Waals surface area contributed by atoms with Crippen LogP contribution in [0.5, 0.6) is 0 Å². The lowest BCUT2D eigenvalue weighted by atomic mass is 9.96. The van der Waals surface area contributed by atoms with Gasteiger partial charge in [0, 0.05) is 31.5 Å². The number of halogens is 2. The summed E-state index contributed by atoms with van der Waals surface area (Å²) in [5.41, 5.74) is 2.26. The van der Waals surface area contributed by atoms with E-state index in [1.807, 2.05) is 18.0 Å². The Labute approximate surface area is 174 Å². The van der Waals surface area contributed by atoms with E-state index in [1.54, 1.807) is 0 Å². The van der Waals surface area contributed by atoms with E-state index in [0.29, 0.717) is 18.4 Å². The molecule has 1 fully saturated rings. The van der Waals surface area contributed by atoms with Gasteiger partial charge in [-0.05, 0) is 58.8 Å². The van der Waals surface area contributed by atoms with Crippen molar-refractivity contribution in [2.45, 2.75) is 51.5 Å². The van der Waals surface area contributed by atoms with Crippen LogP contribution in [0.25, 0.3) is 11.0 Å². The Morgan fingerprint density at radius 1 is 1.30 bits per heavy atom. The largest absolute Gasteiger partial charge is 0.342 e. The fourth-order valence-electron chi connectivity index (χ4n) is 3.88. The van der Waals surface area contributed by atoms with E-state index in [4.69, 9.17) is 4.98 Å². The summed E-state index contributed by atoms with van der Waals surface area (Å²) < 4.78 is 2.36. The molecule has 5 nitrogen and oxygen atoms in total. The van der Waals surface area contributed by atoms with Crippen LogP contribution < -0.4 is 5.32 Å². The molecule has 2 aromatic rings. The van der Waals surface area contributed by atoms with E-state index < -0.39 is 0 Å². The zero-order valence-electron chi connectivity index (χ0n) is 16.5. The van der Waals surface area contributed by atoms with Gasteiger partial charge in [-0.1, -0.05) is 12.1 Å². The second-order valence-electron chi connectivity index (χ2n) is 7.31. The number of piperidine rings is 1. The molecule has 0 spiro atoms. The van der Waals surface area contributed by atoms with Crippen LogP contribution in [0.1, 0.15) is 57.3 Å². The number of benzene rings is 1. The zero-order chi connectivity index (χ0) is 17.8. The van der Waals surface area contributed by atoms with Gasteiger partial charge in [0.2, 0.25) is 5.91 Å². The minimum Gasteiger partial charge on any atom is -0.342 e. The zero-order valence-corrected chi connectivity index (χ0v) is 18.1. The van der Waals surface area contributed by atoms with Crippen molar-refractivity contribution in [1.82, 2.24) is 19.8 Å². The van der Waals surface area contributed by atoms with Gasteiger partial charge in [-0.3, -0.25) is 4.79 Å². The molecule has 1 atom stereocenters. The first-order chi connectivity index (χ1) is 12.1. The number of hydrogen-bond acceptors (Lipinski definition) is 3. The Balaban J connectivity index is 0.00000182. The Kier molecular flexibility index (Phi) is 9.57. The number of hydrogen-bond donors (Lipinski definition) is 1. The average molecular weight is 415 g/mol. The summed E-state index contributed by atoms with van der Waals surface area (Å²) >= 11 is 0. The van der Waals surface area contributed by atoms with Gasteiger partial charge in [-0.25, -0.2) is 4.98 Å². The molecule has 1 aromatic carbocycles. The molecular weight excluding hydrogens is 383 g/mol. The Hall–Kier alpha value is -1.30. The highest BCUT2D eigenvalue weighted by Gasteiger charge is 2.28. The summed E-state index contributed by atoms with van der Waals surface area (Å²) in [5.74, 6) is 1.76. The van der Waals surface area contributed by atoms with Gasteiger partial charge in [0.05, 0.1) is 11.0 Å². The molecule has 27 heavy (non-hydrogen) atoms. The molecule has 1 aliphatic heterocycles. The predicted octanol–water partition coefficient (Wildman–Crippen LogP) is 4.17. The van der Waals surface area contributed by atoms with Crippen molar-refractivity contribution in [3.8, 4) is 0 Å². The molecule has 0 bridgehead atoms. The van der Waals surface area contributed by atoms with Gasteiger partial charge in [-0.15, -0.1) is 24.8 Å². The highest BCUT2D eigenvalue weighted by atomic mass is 35.5. The topological polar surface area (TPSA) is 50.2 Å². The number of imidazole rings is 1. The maximum Gasteiger partial charge on any atom is 0.222 e. The highest BCUT2D eigenvalue weighted by molar-refractivity contribution is 5.85. The third-order valence-corrected chi connectivity index (χ3v) is 5.10. The van der Waals surface area contributed by atoms with E-state index in [2.05, 4.69) is 41.9 Å². The molecular formula is C20H32Cl2N4O. The number of aromatic nitrogens is 2. The second-order valence-corrected chi connectivity index (χ2v) is 7.31. The lowest BCUT2D eigenvalue weighted by Gasteiger charge is -2.33. The second kappa shape index (κ2) is 10.9. The van der Waals surface area contributed by atoms with Crippen LogP contribution in [0.3, 0.4) is 0 Å². The quantitative estimate of drug-likeness (QED) is 0.721. The number of carbonyl (C=O) groups is 1. The molecule has 1 aromatic heterocycles. The number of amides is 1. The average Bonchev–Trinajstić information content (AvgIpc) is 3.02. The van der Waals surface area contributed by atoms with Crippen LogP contribution in [0, 0.1) is 0 Å². The van der Waals surface area contributed by atoms with Crippen molar-refractivity contribution in [3.63, 3.8) is 0 Å². The van der Waals surface area contributed by atoms with Crippen molar-refractivity contribution >= 4 is 41.8 Å². The lowest BCUT2D eigenvalue weighted by Crippen LogP contribution is -2.40. The summed E-state index contributed by atoms with van der Waals surface area (Å²) in [4.78, 5) is 19.5. The first-order valence-corrected chi connectivity index (χ1v) is 9.51. The van der Waals surface area contributed by atoms with Gasteiger partial charge in [0.15, 0.2) is 0 Å². The van der Waals surface area contributed by atoms with Crippen molar-refractivity contribution in [3.05, 3.63) is 30.1 Å². The van der Waals surface area contributed by atoms with Crippen LogP contribution in [0.2, 0.25) is 0 Å². The maximum atomic E-state index is 12.5. The molecule has 1 saturated heterocycles. The number of nitrogens with zero attached hydrogens (tertiary/aromatic N) is 3. The SMILES string of the molecule is CNCCCC(=O)N1CCCC(c2nc3ccccc3n2C(C)C)C1.Cl.Cl. The molecule has 7 heteroatoms. The van der Waals surface area contributed by atoms with Gasteiger partial charge in [0.1, 0.15) is 5.82 Å². The molecule has 1 N–H and O–H groups in total. The molecule has 1 amide bonds. The molecule has 0 saturated carbocycles. The number of para-hydroxylation sites is 2. The van der Waals surface area contributed by atoms with Crippen molar-refractivity contribution < 1.29 is 4.79 Å². The predicted molar refractivity (Wildman–Crippen MR) is 116 cm³/mol. The van der Waals surface area contributed by atoms with Crippen molar-refractivity contribution in [2.24, 2.45) is 0 Å². The molecule has 0 radical (unpaired) electrons. The number of likely N-dealkylation sites (tertiary alicyclic amines) is 1. The molecule has 0 aliphatic carbocycles. The molecule has 2 heterocycles. The summed E-state index contributed by atoms with van der Waals surface area (Å²) in [5, 5.41) is 3.11. The van der Waals surface area contributed by atoms with E-state index >= 15 is 0 Å². The van der Waals surface area contributed by atoms with E-state index in [9.17, 15) is 4.79 Å². The van der Waals surface area contributed by atoms with Crippen LogP contribution in [-0.2, 0) is 4.79 Å². The highest BCUT2D eigenvalue weighted by Crippen LogP contribution is 2.31. The fourth-order valence-corrected chi connectivity index (χ4v) is 3.88. The van der Waals surface area contributed by atoms with Gasteiger partial charge in [-0.2, -0.15) is 0 Å². The first-order valence-electron chi connectivity index (χ1n) is 9.51. The Bertz CT molecular complexity index is 732. The third-order valence-electron chi connectivity index (χ3n) is 5.10. The summed E-state index contributed by atoms with van der Waals surface area (Å²) in [6.07, 6.45) is 3.70. The number of fused-ring (bicyclic) bond motifs is 1. The standard InChI is InChI=1S/C20H30N4O.2ClH/c1-15(2)24-18-10-5-4-9-17(18)22-20(24)16-8-7-13-23(14-16)19(25)11-6-12-21-3;;/h4-5,9-10,15-16,21H,6-8,11-14H2,1-3H3;2*1H. The minimum atomic E-state index is 0. The van der Waals surface area contributed by atoms with E-state index in [-0.39, 0.29) is 30.7 Å². The monoisotopic (exact) mass is 414 g/mol.